The van der Waals surface area contributed by atoms with E-state index >= 15 is 0 Å². The number of fused-ring (bicyclic) bond motifs is 3. The molecule has 2 amide bonds. The maximum absolute atomic E-state index is 13.8. The number of hydrogen-bond donors (Lipinski definition) is 1. The number of allylic oxidation sites excluding steroid dienone is 6. The molecule has 0 spiro atoms. The van der Waals surface area contributed by atoms with E-state index in [2.05, 4.69) is 15.9 Å². The number of rotatable bonds is 3. The van der Waals surface area contributed by atoms with Gasteiger partial charge in [-0.2, -0.15) is 0 Å². The average molecular weight is 575 g/mol. The Hall–Kier alpha value is -4.18. The van der Waals surface area contributed by atoms with Crippen molar-refractivity contribution in [3.8, 4) is 5.75 Å². The van der Waals surface area contributed by atoms with Crippen LogP contribution in [0.1, 0.15) is 24.3 Å². The van der Waals surface area contributed by atoms with Crippen molar-refractivity contribution in [1.82, 2.24) is 0 Å². The first-order chi connectivity index (χ1) is 18.2. The SMILES string of the molecule is O=C1C=C(Br)C(=O)C2=C1C(c1cccc(O)c1)C1=CCC3C(=O)N(c4ccc([N+](=O)[O-])cc4)C(=O)C3C1C2. The zero-order chi connectivity index (χ0) is 26.9. The van der Waals surface area contributed by atoms with Gasteiger partial charge < -0.3 is 5.11 Å². The number of aromatic hydroxyl groups is 1. The van der Waals surface area contributed by atoms with Crippen LogP contribution in [0.2, 0.25) is 0 Å². The van der Waals surface area contributed by atoms with Crippen molar-refractivity contribution in [2.45, 2.75) is 18.8 Å². The van der Waals surface area contributed by atoms with Crippen LogP contribution in [0.5, 0.6) is 5.75 Å². The Morgan fingerprint density at radius 3 is 2.42 bits per heavy atom. The molecule has 3 aliphatic carbocycles. The molecular formula is C28H19BrN2O7. The Kier molecular flexibility index (Phi) is 5.53. The fourth-order valence-electron chi connectivity index (χ4n) is 6.27. The number of nitrogens with zero attached hydrogens (tertiary/aromatic N) is 2. The van der Waals surface area contributed by atoms with Crippen molar-refractivity contribution in [2.75, 3.05) is 4.90 Å². The molecule has 38 heavy (non-hydrogen) atoms. The molecule has 0 saturated carbocycles. The molecule has 6 rings (SSSR count). The number of non-ortho nitro benzene ring substituents is 1. The average Bonchev–Trinajstić information content (AvgIpc) is 3.15. The monoisotopic (exact) mass is 574 g/mol. The van der Waals surface area contributed by atoms with Crippen molar-refractivity contribution >= 4 is 50.7 Å². The topological polar surface area (TPSA) is 135 Å². The number of benzene rings is 2. The van der Waals surface area contributed by atoms with Crippen molar-refractivity contribution in [2.24, 2.45) is 17.8 Å². The van der Waals surface area contributed by atoms with Gasteiger partial charge in [-0.25, -0.2) is 0 Å². The number of phenols is 1. The maximum Gasteiger partial charge on any atom is 0.269 e. The Labute approximate surface area is 224 Å². The molecule has 10 heteroatoms. The van der Waals surface area contributed by atoms with E-state index in [0.717, 1.165) is 10.5 Å². The number of halogens is 1. The molecule has 2 aromatic carbocycles. The van der Waals surface area contributed by atoms with E-state index in [9.17, 15) is 34.4 Å². The molecule has 0 bridgehead atoms. The fourth-order valence-corrected chi connectivity index (χ4v) is 6.72. The van der Waals surface area contributed by atoms with E-state index in [1.165, 1.54) is 36.4 Å². The lowest BCUT2D eigenvalue weighted by molar-refractivity contribution is -0.384. The van der Waals surface area contributed by atoms with Crippen LogP contribution in [0.3, 0.4) is 0 Å². The fraction of sp³-hybridized carbons (Fsp3) is 0.214. The third kappa shape index (κ3) is 3.51. The van der Waals surface area contributed by atoms with Crippen LogP contribution in [0, 0.1) is 27.9 Å². The van der Waals surface area contributed by atoms with E-state index in [4.69, 9.17) is 0 Å². The summed E-state index contributed by atoms with van der Waals surface area (Å²) in [5.41, 5.74) is 2.10. The van der Waals surface area contributed by atoms with Gasteiger partial charge in [-0.1, -0.05) is 23.8 Å². The number of carbonyl (C=O) groups excluding carboxylic acids is 4. The number of carbonyl (C=O) groups is 4. The second-order valence-electron chi connectivity index (χ2n) is 9.77. The lowest BCUT2D eigenvalue weighted by atomic mass is 9.59. The molecule has 1 fully saturated rings. The minimum absolute atomic E-state index is 0.00355. The summed E-state index contributed by atoms with van der Waals surface area (Å²) in [6, 6.07) is 11.7. The number of hydrogen-bond acceptors (Lipinski definition) is 7. The van der Waals surface area contributed by atoms with Gasteiger partial charge in [0.2, 0.25) is 11.8 Å². The molecule has 4 aliphatic rings. The van der Waals surface area contributed by atoms with Crippen LogP contribution >= 0.6 is 15.9 Å². The number of imide groups is 1. The first-order valence-electron chi connectivity index (χ1n) is 12.0. The highest BCUT2D eigenvalue weighted by Gasteiger charge is 2.56. The van der Waals surface area contributed by atoms with Crippen molar-refractivity contribution in [3.05, 3.63) is 97.6 Å². The highest BCUT2D eigenvalue weighted by Crippen LogP contribution is 2.55. The number of ketones is 2. The van der Waals surface area contributed by atoms with Gasteiger partial charge in [-0.3, -0.25) is 34.2 Å². The van der Waals surface area contributed by atoms with Crippen molar-refractivity contribution in [3.63, 3.8) is 0 Å². The summed E-state index contributed by atoms with van der Waals surface area (Å²) in [7, 11) is 0. The molecule has 1 saturated heterocycles. The zero-order valence-corrected chi connectivity index (χ0v) is 21.3. The molecule has 2 aromatic rings. The third-order valence-electron chi connectivity index (χ3n) is 7.85. The third-order valence-corrected chi connectivity index (χ3v) is 8.44. The normalized spacial score (nSPS) is 26.5. The first-order valence-corrected chi connectivity index (χ1v) is 12.8. The van der Waals surface area contributed by atoms with Gasteiger partial charge in [0, 0.05) is 35.3 Å². The lowest BCUT2D eigenvalue weighted by Crippen LogP contribution is -2.39. The summed E-state index contributed by atoms with van der Waals surface area (Å²) in [5.74, 6) is -4.08. The van der Waals surface area contributed by atoms with Gasteiger partial charge in [0.1, 0.15) is 5.75 Å². The number of nitro benzene ring substituents is 1. The van der Waals surface area contributed by atoms with E-state index in [0.29, 0.717) is 16.7 Å². The second-order valence-corrected chi connectivity index (χ2v) is 10.6. The van der Waals surface area contributed by atoms with Gasteiger partial charge in [0.15, 0.2) is 11.6 Å². The molecule has 190 valence electrons. The summed E-state index contributed by atoms with van der Waals surface area (Å²) in [5, 5.41) is 21.2. The molecule has 0 aromatic heterocycles. The minimum atomic E-state index is -0.765. The van der Waals surface area contributed by atoms with Crippen LogP contribution in [0.4, 0.5) is 11.4 Å². The smallest absolute Gasteiger partial charge is 0.269 e. The van der Waals surface area contributed by atoms with E-state index in [-0.39, 0.29) is 46.0 Å². The molecule has 1 heterocycles. The van der Waals surface area contributed by atoms with Crippen LogP contribution < -0.4 is 4.90 Å². The van der Waals surface area contributed by atoms with Crippen LogP contribution in [0.15, 0.2) is 81.9 Å². The van der Waals surface area contributed by atoms with Crippen molar-refractivity contribution < 1.29 is 29.2 Å². The summed E-state index contributed by atoms with van der Waals surface area (Å²) < 4.78 is 0.136. The Bertz CT molecular complexity index is 1570. The van der Waals surface area contributed by atoms with Crippen LogP contribution in [0.25, 0.3) is 0 Å². The predicted molar refractivity (Wildman–Crippen MR) is 138 cm³/mol. The summed E-state index contributed by atoms with van der Waals surface area (Å²) >= 11 is 3.19. The number of phenolic OH excluding ortho intramolecular Hbond substituents is 1. The van der Waals surface area contributed by atoms with E-state index in [1.807, 2.05) is 6.08 Å². The Balaban J connectivity index is 1.45. The molecule has 1 aliphatic heterocycles. The number of amides is 2. The van der Waals surface area contributed by atoms with Crippen molar-refractivity contribution in [1.29, 1.82) is 0 Å². The van der Waals surface area contributed by atoms with E-state index in [1.54, 1.807) is 18.2 Å². The Morgan fingerprint density at radius 2 is 1.74 bits per heavy atom. The van der Waals surface area contributed by atoms with Gasteiger partial charge in [0.25, 0.3) is 5.69 Å². The molecular weight excluding hydrogens is 556 g/mol. The summed E-state index contributed by atoms with van der Waals surface area (Å²) in [4.78, 5) is 65.3. The van der Waals surface area contributed by atoms with Crippen LogP contribution in [-0.2, 0) is 19.2 Å². The largest absolute Gasteiger partial charge is 0.508 e. The van der Waals surface area contributed by atoms with Gasteiger partial charge in [-0.15, -0.1) is 0 Å². The van der Waals surface area contributed by atoms with Crippen LogP contribution in [-0.4, -0.2) is 33.4 Å². The maximum atomic E-state index is 13.8. The summed E-state index contributed by atoms with van der Waals surface area (Å²) in [6.07, 6.45) is 3.53. The number of nitro groups is 1. The van der Waals surface area contributed by atoms with E-state index < -0.39 is 40.4 Å². The zero-order valence-electron chi connectivity index (χ0n) is 19.7. The highest BCUT2D eigenvalue weighted by atomic mass is 79.9. The molecule has 0 radical (unpaired) electrons. The second kappa shape index (κ2) is 8.70. The predicted octanol–water partition coefficient (Wildman–Crippen LogP) is 4.27. The molecule has 1 N–H and O–H groups in total. The summed E-state index contributed by atoms with van der Waals surface area (Å²) in [6.45, 7) is 0. The standard InChI is InChI=1S/C28H19BrN2O7/c29-21-12-22(33)25-20(26(21)34)11-19-17(23(25)13-2-1-3-16(32)10-13)8-9-18-24(19)28(36)30(27(18)35)14-4-6-15(7-5-14)31(37)38/h1-8,10,12,18-19,23-24,32H,9,11H2. The van der Waals surface area contributed by atoms with Gasteiger partial charge >= 0.3 is 0 Å². The Morgan fingerprint density at radius 1 is 1.00 bits per heavy atom. The molecule has 9 nitrogen and oxygen atoms in total. The molecule has 4 atom stereocenters. The number of Topliss-reactive ketones (excluding diaryl/α,β-unsaturated/α-hetero) is 1. The molecule has 4 unspecified atom stereocenters. The minimum Gasteiger partial charge on any atom is -0.508 e. The highest BCUT2D eigenvalue weighted by molar-refractivity contribution is 9.12. The van der Waals surface area contributed by atoms with Gasteiger partial charge in [0.05, 0.1) is 26.9 Å². The number of anilines is 1. The quantitative estimate of drug-likeness (QED) is 0.190. The lowest BCUT2D eigenvalue weighted by Gasteiger charge is -2.42. The van der Waals surface area contributed by atoms with Gasteiger partial charge in [-0.05, 0) is 64.5 Å². The first kappa shape index (κ1) is 24.2.